The van der Waals surface area contributed by atoms with Gasteiger partial charge in [0.25, 0.3) is 11.8 Å². The van der Waals surface area contributed by atoms with Gasteiger partial charge in [0.2, 0.25) is 10.0 Å². The Balaban J connectivity index is 1.71. The van der Waals surface area contributed by atoms with E-state index in [1.54, 1.807) is 6.07 Å². The van der Waals surface area contributed by atoms with Crippen molar-refractivity contribution in [2.75, 3.05) is 14.1 Å². The summed E-state index contributed by atoms with van der Waals surface area (Å²) >= 11 is 0. The maximum atomic E-state index is 12.3. The largest absolute Gasteiger partial charge is 0.350 e. The van der Waals surface area contributed by atoms with Crippen molar-refractivity contribution in [1.29, 1.82) is 0 Å². The van der Waals surface area contributed by atoms with Crippen LogP contribution in [0.2, 0.25) is 0 Å². The summed E-state index contributed by atoms with van der Waals surface area (Å²) in [7, 11) is -0.850. The molecule has 0 atom stereocenters. The molecular weight excluding hydrogens is 368 g/mol. The van der Waals surface area contributed by atoms with Crippen molar-refractivity contribution in [1.82, 2.24) is 20.1 Å². The molecule has 9 heteroatoms. The number of aromatic nitrogens is 1. The van der Waals surface area contributed by atoms with Gasteiger partial charge in [-0.3, -0.25) is 20.4 Å². The van der Waals surface area contributed by atoms with Crippen LogP contribution >= 0.6 is 0 Å². The fourth-order valence-corrected chi connectivity index (χ4v) is 3.41. The van der Waals surface area contributed by atoms with Crippen molar-refractivity contribution in [2.45, 2.75) is 4.90 Å². The topological polar surface area (TPSA) is 111 Å². The number of hydrogen-bond donors (Lipinski definition) is 3. The lowest BCUT2D eigenvalue weighted by atomic mass is 10.2. The summed E-state index contributed by atoms with van der Waals surface area (Å²) in [5, 5.41) is 0.871. The van der Waals surface area contributed by atoms with Crippen molar-refractivity contribution in [3.05, 3.63) is 65.9 Å². The van der Waals surface area contributed by atoms with E-state index in [0.717, 1.165) is 15.2 Å². The van der Waals surface area contributed by atoms with Gasteiger partial charge in [0.05, 0.1) is 4.90 Å². The Bertz CT molecular complexity index is 1090. The lowest BCUT2D eigenvalue weighted by molar-refractivity contribution is 0.0844. The number of carbonyl (C=O) groups is 2. The molecule has 0 aliphatic carbocycles. The van der Waals surface area contributed by atoms with Crippen LogP contribution in [0.4, 0.5) is 0 Å². The second kappa shape index (κ2) is 7.22. The van der Waals surface area contributed by atoms with Gasteiger partial charge in [-0.15, -0.1) is 0 Å². The molecule has 2 aromatic carbocycles. The van der Waals surface area contributed by atoms with Gasteiger partial charge in [-0.25, -0.2) is 12.7 Å². The summed E-state index contributed by atoms with van der Waals surface area (Å²) in [6, 6.07) is 14.6. The Labute approximate surface area is 156 Å². The molecule has 8 nitrogen and oxygen atoms in total. The van der Waals surface area contributed by atoms with Gasteiger partial charge in [-0.1, -0.05) is 24.3 Å². The van der Waals surface area contributed by atoms with Crippen molar-refractivity contribution >= 4 is 32.7 Å². The molecule has 0 bridgehead atoms. The Hall–Kier alpha value is -3.17. The smallest absolute Gasteiger partial charge is 0.286 e. The van der Waals surface area contributed by atoms with E-state index in [2.05, 4.69) is 15.8 Å². The number of sulfonamides is 1. The van der Waals surface area contributed by atoms with Gasteiger partial charge in [0.15, 0.2) is 0 Å². The maximum absolute atomic E-state index is 12.3. The third-order valence-corrected chi connectivity index (χ3v) is 5.75. The van der Waals surface area contributed by atoms with Crippen molar-refractivity contribution < 1.29 is 18.0 Å². The first kappa shape index (κ1) is 18.6. The summed E-state index contributed by atoms with van der Waals surface area (Å²) in [4.78, 5) is 27.4. The zero-order chi connectivity index (χ0) is 19.6. The SMILES string of the molecule is CN(C)S(=O)(=O)c1cccc(C(=O)NNC(=O)c2cc3ccccc3[nH]2)c1. The van der Waals surface area contributed by atoms with Crippen LogP contribution in [0.3, 0.4) is 0 Å². The standard InChI is InChI=1S/C18H18N4O4S/c1-22(2)27(25,26)14-8-5-7-13(10-14)17(23)20-21-18(24)16-11-12-6-3-4-9-15(12)19-16/h3-11,19H,1-2H3,(H,20,23)(H,21,24). The molecule has 3 N–H and O–H groups in total. The van der Waals surface area contributed by atoms with Gasteiger partial charge in [0.1, 0.15) is 5.69 Å². The summed E-state index contributed by atoms with van der Waals surface area (Å²) in [6.07, 6.45) is 0. The number of aromatic amines is 1. The normalized spacial score (nSPS) is 11.5. The zero-order valence-corrected chi connectivity index (χ0v) is 15.5. The summed E-state index contributed by atoms with van der Waals surface area (Å²) < 4.78 is 25.4. The molecule has 0 radical (unpaired) electrons. The van der Waals surface area contributed by atoms with Gasteiger partial charge in [0, 0.05) is 30.6 Å². The molecule has 0 spiro atoms. The van der Waals surface area contributed by atoms with E-state index < -0.39 is 21.8 Å². The number of hydrogen-bond acceptors (Lipinski definition) is 4. The monoisotopic (exact) mass is 386 g/mol. The highest BCUT2D eigenvalue weighted by Crippen LogP contribution is 2.15. The molecule has 0 aliphatic rings. The number of nitrogens with one attached hydrogen (secondary N) is 3. The Morgan fingerprint density at radius 3 is 2.33 bits per heavy atom. The van der Waals surface area contributed by atoms with Gasteiger partial charge in [-0.2, -0.15) is 0 Å². The van der Waals surface area contributed by atoms with Gasteiger partial charge >= 0.3 is 0 Å². The number of carbonyl (C=O) groups excluding carboxylic acids is 2. The molecule has 0 fully saturated rings. The molecule has 27 heavy (non-hydrogen) atoms. The van der Waals surface area contributed by atoms with Crippen LogP contribution in [-0.4, -0.2) is 43.6 Å². The van der Waals surface area contributed by atoms with Crippen LogP contribution in [-0.2, 0) is 10.0 Å². The van der Waals surface area contributed by atoms with E-state index >= 15 is 0 Å². The molecule has 140 valence electrons. The minimum absolute atomic E-state index is 0.0119. The highest BCUT2D eigenvalue weighted by molar-refractivity contribution is 7.89. The minimum atomic E-state index is -3.66. The lowest BCUT2D eigenvalue weighted by Crippen LogP contribution is -2.41. The number of rotatable bonds is 4. The van der Waals surface area contributed by atoms with Crippen LogP contribution < -0.4 is 10.9 Å². The molecule has 0 unspecified atom stereocenters. The molecule has 0 saturated carbocycles. The predicted molar refractivity (Wildman–Crippen MR) is 101 cm³/mol. The van der Waals surface area contributed by atoms with Gasteiger partial charge < -0.3 is 4.98 Å². The quantitative estimate of drug-likeness (QED) is 0.590. The number of H-pyrrole nitrogens is 1. The molecule has 1 aromatic heterocycles. The second-order valence-corrected chi connectivity index (χ2v) is 8.15. The fourth-order valence-electron chi connectivity index (χ4n) is 2.46. The van der Waals surface area contributed by atoms with E-state index in [-0.39, 0.29) is 10.5 Å². The number of amides is 2. The number of hydrazine groups is 1. The van der Waals surface area contributed by atoms with Crippen molar-refractivity contribution in [2.24, 2.45) is 0 Å². The molecule has 0 aliphatic heterocycles. The highest BCUT2D eigenvalue weighted by Gasteiger charge is 2.19. The lowest BCUT2D eigenvalue weighted by Gasteiger charge is -2.12. The summed E-state index contributed by atoms with van der Waals surface area (Å²) in [5.41, 5.74) is 5.79. The summed E-state index contributed by atoms with van der Waals surface area (Å²) in [6.45, 7) is 0. The summed E-state index contributed by atoms with van der Waals surface area (Å²) in [5.74, 6) is -1.15. The molecule has 3 rings (SSSR count). The molecule has 2 amide bonds. The molecular formula is C18H18N4O4S. The zero-order valence-electron chi connectivity index (χ0n) is 14.7. The van der Waals surface area contributed by atoms with Crippen LogP contribution in [0.5, 0.6) is 0 Å². The number of fused-ring (bicyclic) bond motifs is 1. The van der Waals surface area contributed by atoms with Gasteiger partial charge in [-0.05, 0) is 30.3 Å². The van der Waals surface area contributed by atoms with E-state index in [9.17, 15) is 18.0 Å². The first-order valence-corrected chi connectivity index (χ1v) is 9.44. The minimum Gasteiger partial charge on any atom is -0.350 e. The van der Waals surface area contributed by atoms with Crippen LogP contribution in [0.1, 0.15) is 20.8 Å². The average molecular weight is 386 g/mol. The third-order valence-electron chi connectivity index (χ3n) is 3.94. The Kier molecular flexibility index (Phi) is 4.98. The maximum Gasteiger partial charge on any atom is 0.286 e. The second-order valence-electron chi connectivity index (χ2n) is 5.99. The molecule has 3 aromatic rings. The molecule has 1 heterocycles. The molecule has 0 saturated heterocycles. The Morgan fingerprint density at radius 1 is 0.926 bits per heavy atom. The van der Waals surface area contributed by atoms with E-state index in [1.165, 1.54) is 38.4 Å². The third kappa shape index (κ3) is 3.83. The fraction of sp³-hybridized carbons (Fsp3) is 0.111. The Morgan fingerprint density at radius 2 is 1.63 bits per heavy atom. The van der Waals surface area contributed by atoms with Crippen LogP contribution in [0.15, 0.2) is 59.5 Å². The van der Waals surface area contributed by atoms with Crippen molar-refractivity contribution in [3.63, 3.8) is 0 Å². The van der Waals surface area contributed by atoms with E-state index in [1.807, 2.05) is 24.3 Å². The van der Waals surface area contributed by atoms with E-state index in [0.29, 0.717) is 5.69 Å². The number of para-hydroxylation sites is 1. The predicted octanol–water partition coefficient (Wildman–Crippen LogP) is 1.49. The van der Waals surface area contributed by atoms with E-state index in [4.69, 9.17) is 0 Å². The number of benzene rings is 2. The first-order chi connectivity index (χ1) is 12.8. The van der Waals surface area contributed by atoms with Crippen LogP contribution in [0.25, 0.3) is 10.9 Å². The highest BCUT2D eigenvalue weighted by atomic mass is 32.2. The first-order valence-electron chi connectivity index (χ1n) is 8.00. The van der Waals surface area contributed by atoms with Crippen LogP contribution in [0, 0.1) is 0 Å². The average Bonchev–Trinajstić information content (AvgIpc) is 3.10. The number of nitrogens with zero attached hydrogens (tertiary/aromatic N) is 1. The van der Waals surface area contributed by atoms with Crippen molar-refractivity contribution in [3.8, 4) is 0 Å².